The van der Waals surface area contributed by atoms with Crippen molar-refractivity contribution in [2.75, 3.05) is 4.90 Å². The van der Waals surface area contributed by atoms with Gasteiger partial charge in [0.1, 0.15) is 11.5 Å². The minimum absolute atomic E-state index is 0.0122. The number of allylic oxidation sites excluding steroid dienone is 2. The van der Waals surface area contributed by atoms with Gasteiger partial charge in [-0.05, 0) is 48.1 Å². The molecular formula is C24H23FN2O4. The van der Waals surface area contributed by atoms with Gasteiger partial charge in [-0.2, -0.15) is 0 Å². The number of nitro groups is 1. The highest BCUT2D eigenvalue weighted by Gasteiger charge is 2.45. The van der Waals surface area contributed by atoms with E-state index < -0.39 is 22.1 Å². The fourth-order valence-corrected chi connectivity index (χ4v) is 4.64. The molecule has 7 heteroatoms. The van der Waals surface area contributed by atoms with Crippen molar-refractivity contribution in [2.45, 2.75) is 46.0 Å². The van der Waals surface area contributed by atoms with E-state index in [1.165, 1.54) is 23.1 Å². The van der Waals surface area contributed by atoms with Crippen molar-refractivity contribution in [3.63, 3.8) is 0 Å². The lowest BCUT2D eigenvalue weighted by molar-refractivity contribution is -0.384. The van der Waals surface area contributed by atoms with Gasteiger partial charge in [0, 0.05) is 36.1 Å². The van der Waals surface area contributed by atoms with Crippen molar-refractivity contribution in [1.82, 2.24) is 0 Å². The van der Waals surface area contributed by atoms with Gasteiger partial charge < -0.3 is 0 Å². The lowest BCUT2D eigenvalue weighted by Crippen LogP contribution is -2.44. The average Bonchev–Trinajstić information content (AvgIpc) is 2.67. The van der Waals surface area contributed by atoms with Crippen LogP contribution in [0.3, 0.4) is 0 Å². The predicted molar refractivity (Wildman–Crippen MR) is 114 cm³/mol. The second-order valence-corrected chi connectivity index (χ2v) is 9.09. The van der Waals surface area contributed by atoms with Crippen LogP contribution in [0.5, 0.6) is 0 Å². The number of ketones is 1. The molecule has 0 saturated carbocycles. The summed E-state index contributed by atoms with van der Waals surface area (Å²) in [6.45, 7) is 5.64. The molecule has 1 aliphatic carbocycles. The number of nitro benzene ring substituents is 1. The Bertz CT molecular complexity index is 1130. The zero-order valence-corrected chi connectivity index (χ0v) is 17.6. The van der Waals surface area contributed by atoms with Gasteiger partial charge in [0.05, 0.1) is 4.92 Å². The van der Waals surface area contributed by atoms with Gasteiger partial charge >= 0.3 is 0 Å². The third kappa shape index (κ3) is 3.76. The number of rotatable bonds is 3. The monoisotopic (exact) mass is 422 g/mol. The Morgan fingerprint density at radius 2 is 1.77 bits per heavy atom. The van der Waals surface area contributed by atoms with Gasteiger partial charge in [-0.25, -0.2) is 4.39 Å². The minimum atomic E-state index is -0.502. The number of anilines is 1. The predicted octanol–water partition coefficient (Wildman–Crippen LogP) is 5.21. The molecule has 4 rings (SSSR count). The number of hydrogen-bond acceptors (Lipinski definition) is 4. The maximum Gasteiger partial charge on any atom is 0.293 e. The molecule has 0 aromatic heterocycles. The fourth-order valence-electron chi connectivity index (χ4n) is 4.64. The largest absolute Gasteiger partial charge is 0.294 e. The Hall–Kier alpha value is -3.35. The molecule has 1 unspecified atom stereocenters. The van der Waals surface area contributed by atoms with Crippen LogP contribution >= 0.6 is 0 Å². The first kappa shape index (κ1) is 20.9. The van der Waals surface area contributed by atoms with Gasteiger partial charge in [-0.15, -0.1) is 0 Å². The Morgan fingerprint density at radius 3 is 2.42 bits per heavy atom. The van der Waals surface area contributed by atoms with E-state index in [2.05, 4.69) is 0 Å². The molecule has 0 bridgehead atoms. The van der Waals surface area contributed by atoms with E-state index in [-0.39, 0.29) is 29.5 Å². The number of nitrogens with zero attached hydrogens (tertiary/aromatic N) is 2. The van der Waals surface area contributed by atoms with Crippen molar-refractivity contribution >= 4 is 23.1 Å². The van der Waals surface area contributed by atoms with Crippen molar-refractivity contribution in [2.24, 2.45) is 5.41 Å². The van der Waals surface area contributed by atoms with Crippen LogP contribution in [-0.2, 0) is 9.59 Å². The van der Waals surface area contributed by atoms with Crippen molar-refractivity contribution < 1.29 is 18.9 Å². The number of halogens is 1. The Kier molecular flexibility index (Phi) is 5.00. The Balaban J connectivity index is 1.94. The summed E-state index contributed by atoms with van der Waals surface area (Å²) in [6, 6.07) is 10.5. The summed E-state index contributed by atoms with van der Waals surface area (Å²) >= 11 is 0. The normalized spacial score (nSPS) is 20.6. The highest BCUT2D eigenvalue weighted by atomic mass is 19.1. The summed E-state index contributed by atoms with van der Waals surface area (Å²) < 4.78 is 13.5. The second-order valence-electron chi connectivity index (χ2n) is 9.09. The van der Waals surface area contributed by atoms with Crippen LogP contribution < -0.4 is 4.90 Å². The van der Waals surface area contributed by atoms with Crippen LogP contribution in [-0.4, -0.2) is 16.6 Å². The number of amides is 1. The van der Waals surface area contributed by atoms with Crippen molar-refractivity contribution in [3.8, 4) is 0 Å². The Labute approximate surface area is 179 Å². The summed E-state index contributed by atoms with van der Waals surface area (Å²) in [6.07, 6.45) is 0.742. The van der Waals surface area contributed by atoms with E-state index in [9.17, 15) is 24.1 Å². The summed E-state index contributed by atoms with van der Waals surface area (Å²) in [5.41, 5.74) is 2.02. The lowest BCUT2D eigenvalue weighted by atomic mass is 9.69. The molecule has 1 atom stereocenters. The highest BCUT2D eigenvalue weighted by molar-refractivity contribution is 6.08. The average molecular weight is 422 g/mol. The van der Waals surface area contributed by atoms with Crippen LogP contribution in [0, 0.1) is 28.3 Å². The number of aryl methyl sites for hydroxylation is 1. The molecule has 2 aliphatic rings. The number of hydrogen-bond donors (Lipinski definition) is 0. The molecule has 31 heavy (non-hydrogen) atoms. The third-order valence-corrected chi connectivity index (χ3v) is 5.98. The number of Topliss-reactive ketones (excluding diaryl/α,β-unsaturated/α-hetero) is 1. The number of carbonyl (C=O) groups excluding carboxylic acids is 2. The molecule has 0 radical (unpaired) electrons. The van der Waals surface area contributed by atoms with E-state index >= 15 is 0 Å². The van der Waals surface area contributed by atoms with Crippen molar-refractivity contribution in [3.05, 3.63) is 80.8 Å². The van der Waals surface area contributed by atoms with Crippen LogP contribution in [0.1, 0.15) is 50.2 Å². The molecular weight excluding hydrogens is 399 g/mol. The van der Waals surface area contributed by atoms with E-state index in [1.54, 1.807) is 31.2 Å². The smallest absolute Gasteiger partial charge is 0.293 e. The SMILES string of the molecule is Cc1ccc(N2C(=O)CC(c3ccc(F)cc3)C3=C2CC(C)(C)CC3=O)c([N+](=O)[O-])c1. The molecule has 1 amide bonds. The van der Waals surface area contributed by atoms with Crippen LogP contribution in [0.25, 0.3) is 0 Å². The van der Waals surface area contributed by atoms with Gasteiger partial charge in [0.25, 0.3) is 5.69 Å². The minimum Gasteiger partial charge on any atom is -0.294 e. The first-order valence-electron chi connectivity index (χ1n) is 10.2. The summed E-state index contributed by atoms with van der Waals surface area (Å²) in [7, 11) is 0. The molecule has 0 fully saturated rings. The zero-order chi connectivity index (χ0) is 22.5. The quantitative estimate of drug-likeness (QED) is 0.503. The van der Waals surface area contributed by atoms with Gasteiger partial charge in [0.2, 0.25) is 5.91 Å². The molecule has 1 aliphatic heterocycles. The Morgan fingerprint density at radius 1 is 1.10 bits per heavy atom. The second kappa shape index (κ2) is 7.41. The lowest BCUT2D eigenvalue weighted by Gasteiger charge is -2.42. The van der Waals surface area contributed by atoms with Gasteiger partial charge in [0.15, 0.2) is 5.78 Å². The molecule has 0 saturated heterocycles. The highest BCUT2D eigenvalue weighted by Crippen LogP contribution is 2.49. The molecule has 0 N–H and O–H groups in total. The maximum atomic E-state index is 13.5. The van der Waals surface area contributed by atoms with Gasteiger partial charge in [-0.3, -0.25) is 24.6 Å². The van der Waals surface area contributed by atoms with Gasteiger partial charge in [-0.1, -0.05) is 32.0 Å². The van der Waals surface area contributed by atoms with Crippen LogP contribution in [0.4, 0.5) is 15.8 Å². The first-order valence-corrected chi connectivity index (χ1v) is 10.2. The molecule has 2 aromatic rings. The first-order chi connectivity index (χ1) is 14.6. The topological polar surface area (TPSA) is 80.5 Å². The third-order valence-electron chi connectivity index (χ3n) is 5.98. The number of carbonyl (C=O) groups is 2. The summed E-state index contributed by atoms with van der Waals surface area (Å²) in [4.78, 5) is 39.2. The van der Waals surface area contributed by atoms with Crippen molar-refractivity contribution in [1.29, 1.82) is 0 Å². The fraction of sp³-hybridized carbons (Fsp3) is 0.333. The summed E-state index contributed by atoms with van der Waals surface area (Å²) in [5.74, 6) is -1.28. The van der Waals surface area contributed by atoms with E-state index in [4.69, 9.17) is 0 Å². The van der Waals surface area contributed by atoms with Crippen LogP contribution in [0.15, 0.2) is 53.7 Å². The summed E-state index contributed by atoms with van der Waals surface area (Å²) in [5, 5.41) is 11.7. The number of benzene rings is 2. The molecule has 1 heterocycles. The zero-order valence-electron chi connectivity index (χ0n) is 17.6. The van der Waals surface area contributed by atoms with E-state index in [0.717, 1.165) is 0 Å². The van der Waals surface area contributed by atoms with Crippen LogP contribution in [0.2, 0.25) is 0 Å². The molecule has 2 aromatic carbocycles. The van der Waals surface area contributed by atoms with E-state index in [0.29, 0.717) is 35.2 Å². The standard InChI is InChI=1S/C24H23FN2O4/c1-14-4-9-18(19(10-14)27(30)31)26-20-12-24(2,3)13-21(28)23(20)17(11-22(26)29)15-5-7-16(25)8-6-15/h4-10,17H,11-13H2,1-3H3. The molecule has 6 nitrogen and oxygen atoms in total. The maximum absolute atomic E-state index is 13.5. The van der Waals surface area contributed by atoms with E-state index in [1.807, 2.05) is 13.8 Å². The molecule has 0 spiro atoms. The molecule has 160 valence electrons.